The number of hydrogen-bond acceptors (Lipinski definition) is 4. The molecule has 0 fully saturated rings. The molecule has 6 nitrogen and oxygen atoms in total. The minimum absolute atomic E-state index is 0.0761. The van der Waals surface area contributed by atoms with Gasteiger partial charge < -0.3 is 10.1 Å². The molecule has 0 saturated carbocycles. The molecule has 1 unspecified atom stereocenters. The highest BCUT2D eigenvalue weighted by Gasteiger charge is 2.16. The zero-order valence-electron chi connectivity index (χ0n) is 13.5. The first-order valence-corrected chi connectivity index (χ1v) is 8.89. The SMILES string of the molecule is COc1ccc(S(=O)(=O)NCC(=O)NC(C)c2ccccc2)cc1. The van der Waals surface area contributed by atoms with E-state index in [9.17, 15) is 13.2 Å². The monoisotopic (exact) mass is 348 g/mol. The molecule has 128 valence electrons. The van der Waals surface area contributed by atoms with Crippen molar-refractivity contribution in [3.05, 3.63) is 60.2 Å². The van der Waals surface area contributed by atoms with Gasteiger partial charge in [-0.1, -0.05) is 30.3 Å². The quantitative estimate of drug-likeness (QED) is 0.800. The van der Waals surface area contributed by atoms with Crippen LogP contribution in [0, 0.1) is 0 Å². The minimum Gasteiger partial charge on any atom is -0.497 e. The summed E-state index contributed by atoms with van der Waals surface area (Å²) >= 11 is 0. The van der Waals surface area contributed by atoms with E-state index >= 15 is 0 Å². The number of sulfonamides is 1. The van der Waals surface area contributed by atoms with E-state index in [4.69, 9.17) is 4.74 Å². The van der Waals surface area contributed by atoms with Crippen molar-refractivity contribution in [2.45, 2.75) is 17.9 Å². The third-order valence-electron chi connectivity index (χ3n) is 3.47. The van der Waals surface area contributed by atoms with Crippen LogP contribution < -0.4 is 14.8 Å². The summed E-state index contributed by atoms with van der Waals surface area (Å²) in [5.41, 5.74) is 0.948. The zero-order valence-corrected chi connectivity index (χ0v) is 14.3. The second kappa shape index (κ2) is 7.94. The van der Waals surface area contributed by atoms with Crippen molar-refractivity contribution < 1.29 is 17.9 Å². The van der Waals surface area contributed by atoms with Crippen LogP contribution in [0.5, 0.6) is 5.75 Å². The number of hydrogen-bond donors (Lipinski definition) is 2. The number of benzene rings is 2. The fraction of sp³-hybridized carbons (Fsp3) is 0.235. The Morgan fingerprint density at radius 3 is 2.29 bits per heavy atom. The van der Waals surface area contributed by atoms with Crippen LogP contribution in [0.4, 0.5) is 0 Å². The van der Waals surface area contributed by atoms with Gasteiger partial charge in [-0.2, -0.15) is 0 Å². The normalized spacial score (nSPS) is 12.4. The van der Waals surface area contributed by atoms with E-state index in [-0.39, 0.29) is 17.5 Å². The molecular formula is C17H20N2O4S. The van der Waals surface area contributed by atoms with Crippen molar-refractivity contribution in [3.8, 4) is 5.75 Å². The fourth-order valence-corrected chi connectivity index (χ4v) is 3.10. The highest BCUT2D eigenvalue weighted by Crippen LogP contribution is 2.15. The van der Waals surface area contributed by atoms with E-state index in [1.807, 2.05) is 37.3 Å². The van der Waals surface area contributed by atoms with Crippen LogP contribution in [-0.4, -0.2) is 28.0 Å². The summed E-state index contributed by atoms with van der Waals surface area (Å²) in [7, 11) is -2.25. The molecule has 2 rings (SSSR count). The molecule has 0 aliphatic heterocycles. The summed E-state index contributed by atoms with van der Waals surface area (Å²) in [5, 5.41) is 2.75. The Hall–Kier alpha value is -2.38. The average Bonchev–Trinajstić information content (AvgIpc) is 2.61. The average molecular weight is 348 g/mol. The Morgan fingerprint density at radius 1 is 1.08 bits per heavy atom. The van der Waals surface area contributed by atoms with Gasteiger partial charge in [-0.15, -0.1) is 0 Å². The molecule has 2 aromatic carbocycles. The second-order valence-corrected chi connectivity index (χ2v) is 6.97. The van der Waals surface area contributed by atoms with Crippen LogP contribution in [-0.2, 0) is 14.8 Å². The van der Waals surface area contributed by atoms with Gasteiger partial charge in [-0.3, -0.25) is 4.79 Å². The van der Waals surface area contributed by atoms with Gasteiger partial charge in [0.2, 0.25) is 15.9 Å². The van der Waals surface area contributed by atoms with Crippen LogP contribution in [0.15, 0.2) is 59.5 Å². The molecule has 0 heterocycles. The van der Waals surface area contributed by atoms with E-state index in [1.165, 1.54) is 19.2 Å². The van der Waals surface area contributed by atoms with Gasteiger partial charge >= 0.3 is 0 Å². The van der Waals surface area contributed by atoms with Gasteiger partial charge in [-0.25, -0.2) is 13.1 Å². The number of ether oxygens (including phenoxy) is 1. The van der Waals surface area contributed by atoms with Crippen molar-refractivity contribution in [2.75, 3.05) is 13.7 Å². The molecule has 24 heavy (non-hydrogen) atoms. The number of rotatable bonds is 7. The van der Waals surface area contributed by atoms with Crippen LogP contribution in [0.3, 0.4) is 0 Å². The van der Waals surface area contributed by atoms with E-state index in [0.717, 1.165) is 5.56 Å². The van der Waals surface area contributed by atoms with Gasteiger partial charge in [0.15, 0.2) is 0 Å². The largest absolute Gasteiger partial charge is 0.497 e. The summed E-state index contributed by atoms with van der Waals surface area (Å²) in [6, 6.07) is 15.2. The lowest BCUT2D eigenvalue weighted by Crippen LogP contribution is -2.38. The number of amides is 1. The Morgan fingerprint density at radius 2 is 1.71 bits per heavy atom. The van der Waals surface area contributed by atoms with Crippen LogP contribution in [0.2, 0.25) is 0 Å². The molecule has 1 atom stereocenters. The maximum atomic E-state index is 12.2. The van der Waals surface area contributed by atoms with Gasteiger partial charge in [0.05, 0.1) is 24.6 Å². The number of carbonyl (C=O) groups is 1. The maximum absolute atomic E-state index is 12.2. The fourth-order valence-electron chi connectivity index (χ4n) is 2.12. The lowest BCUT2D eigenvalue weighted by molar-refractivity contribution is -0.120. The Bertz CT molecular complexity index is 774. The molecule has 2 N–H and O–H groups in total. The van der Waals surface area contributed by atoms with Gasteiger partial charge in [-0.05, 0) is 36.8 Å². The summed E-state index contributed by atoms with van der Waals surface area (Å²) in [5.74, 6) is 0.159. The minimum atomic E-state index is -3.75. The van der Waals surface area contributed by atoms with E-state index in [2.05, 4.69) is 10.0 Å². The van der Waals surface area contributed by atoms with Gasteiger partial charge in [0.25, 0.3) is 0 Å². The number of methoxy groups -OCH3 is 1. The Balaban J connectivity index is 1.92. The van der Waals surface area contributed by atoms with Gasteiger partial charge in [0.1, 0.15) is 5.75 Å². The smallest absolute Gasteiger partial charge is 0.241 e. The number of nitrogens with one attached hydrogen (secondary N) is 2. The van der Waals surface area contributed by atoms with Crippen LogP contribution >= 0.6 is 0 Å². The summed E-state index contributed by atoms with van der Waals surface area (Å²) in [6.45, 7) is 1.51. The maximum Gasteiger partial charge on any atom is 0.241 e. The third-order valence-corrected chi connectivity index (χ3v) is 4.89. The first-order valence-electron chi connectivity index (χ1n) is 7.40. The highest BCUT2D eigenvalue weighted by molar-refractivity contribution is 7.89. The zero-order chi connectivity index (χ0) is 17.6. The van der Waals surface area contributed by atoms with Crippen molar-refractivity contribution in [1.29, 1.82) is 0 Å². The lowest BCUT2D eigenvalue weighted by atomic mass is 10.1. The molecule has 0 spiro atoms. The summed E-state index contributed by atoms with van der Waals surface area (Å²) in [4.78, 5) is 12.0. The van der Waals surface area contributed by atoms with Gasteiger partial charge in [0, 0.05) is 0 Å². The summed E-state index contributed by atoms with van der Waals surface area (Å²) in [6.07, 6.45) is 0. The topological polar surface area (TPSA) is 84.5 Å². The standard InChI is InChI=1S/C17H20N2O4S/c1-13(14-6-4-3-5-7-14)19-17(20)12-18-24(21,22)16-10-8-15(23-2)9-11-16/h3-11,13,18H,12H2,1-2H3,(H,19,20). The summed E-state index contributed by atoms with van der Waals surface area (Å²) < 4.78 is 31.6. The first kappa shape index (κ1) is 18.0. The Kier molecular flexibility index (Phi) is 5.94. The molecular weight excluding hydrogens is 328 g/mol. The van der Waals surface area contributed by atoms with Crippen molar-refractivity contribution in [3.63, 3.8) is 0 Å². The van der Waals surface area contributed by atoms with Crippen molar-refractivity contribution in [1.82, 2.24) is 10.0 Å². The molecule has 0 aromatic heterocycles. The Labute approximate surface area is 141 Å². The van der Waals surface area contributed by atoms with Crippen molar-refractivity contribution in [2.24, 2.45) is 0 Å². The van der Waals surface area contributed by atoms with Crippen LogP contribution in [0.25, 0.3) is 0 Å². The predicted octanol–water partition coefficient (Wildman–Crippen LogP) is 1.85. The van der Waals surface area contributed by atoms with Crippen molar-refractivity contribution >= 4 is 15.9 Å². The molecule has 0 saturated heterocycles. The van der Waals surface area contributed by atoms with E-state index in [0.29, 0.717) is 5.75 Å². The molecule has 1 amide bonds. The predicted molar refractivity (Wildman–Crippen MR) is 91.2 cm³/mol. The second-order valence-electron chi connectivity index (χ2n) is 5.20. The third kappa shape index (κ3) is 4.81. The lowest BCUT2D eigenvalue weighted by Gasteiger charge is -2.14. The molecule has 0 radical (unpaired) electrons. The van der Waals surface area contributed by atoms with E-state index < -0.39 is 15.9 Å². The highest BCUT2D eigenvalue weighted by atomic mass is 32.2. The molecule has 0 aliphatic rings. The molecule has 0 aliphatic carbocycles. The van der Waals surface area contributed by atoms with Crippen LogP contribution in [0.1, 0.15) is 18.5 Å². The molecule has 7 heteroatoms. The van der Waals surface area contributed by atoms with E-state index in [1.54, 1.807) is 12.1 Å². The molecule has 0 bridgehead atoms. The number of carbonyl (C=O) groups excluding carboxylic acids is 1. The molecule has 2 aromatic rings. The first-order chi connectivity index (χ1) is 11.4.